The average Bonchev–Trinajstić information content (AvgIpc) is 3.16. The van der Waals surface area contributed by atoms with E-state index in [9.17, 15) is 14.7 Å². The van der Waals surface area contributed by atoms with E-state index in [2.05, 4.69) is 20.6 Å². The molecule has 0 spiro atoms. The molecule has 1 aliphatic heterocycles. The molecule has 0 saturated heterocycles. The van der Waals surface area contributed by atoms with Gasteiger partial charge in [-0.3, -0.25) is 9.59 Å². The van der Waals surface area contributed by atoms with Crippen molar-refractivity contribution in [3.8, 4) is 11.3 Å². The number of halogens is 1. The van der Waals surface area contributed by atoms with Crippen molar-refractivity contribution in [2.75, 3.05) is 18.9 Å². The molecule has 0 bridgehead atoms. The molecule has 35 heavy (non-hydrogen) atoms. The fourth-order valence-electron chi connectivity index (χ4n) is 4.22. The highest BCUT2D eigenvalue weighted by Gasteiger charge is 2.31. The van der Waals surface area contributed by atoms with Crippen molar-refractivity contribution in [2.24, 2.45) is 0 Å². The number of carbonyl (C=O) groups excluding carboxylic acids is 2. The van der Waals surface area contributed by atoms with Crippen LogP contribution >= 0.6 is 11.6 Å². The van der Waals surface area contributed by atoms with Crippen molar-refractivity contribution in [3.63, 3.8) is 0 Å². The van der Waals surface area contributed by atoms with Crippen LogP contribution < -0.4 is 10.6 Å². The first-order valence-electron chi connectivity index (χ1n) is 11.5. The van der Waals surface area contributed by atoms with Crippen LogP contribution in [0.2, 0.25) is 5.02 Å². The number of rotatable bonds is 8. The molecule has 2 aromatic carbocycles. The Labute approximate surface area is 209 Å². The predicted molar refractivity (Wildman–Crippen MR) is 135 cm³/mol. The van der Waals surface area contributed by atoms with E-state index < -0.39 is 12.1 Å². The molecule has 0 saturated carbocycles. The lowest BCUT2D eigenvalue weighted by Crippen LogP contribution is -2.42. The molecular weight excluding hydrogens is 466 g/mol. The van der Waals surface area contributed by atoms with Crippen molar-refractivity contribution in [3.05, 3.63) is 75.9 Å². The summed E-state index contributed by atoms with van der Waals surface area (Å²) in [5.74, 6) is -0.144. The van der Waals surface area contributed by atoms with Crippen molar-refractivity contribution in [2.45, 2.75) is 39.0 Å². The molecule has 0 radical (unpaired) electrons. The fraction of sp³-hybridized carbons (Fsp3) is 0.308. The molecule has 9 heteroatoms. The molecule has 0 unspecified atom stereocenters. The highest BCUT2D eigenvalue weighted by atomic mass is 35.5. The van der Waals surface area contributed by atoms with Gasteiger partial charge in [-0.1, -0.05) is 60.5 Å². The Hall–Kier alpha value is -3.49. The molecule has 3 aromatic rings. The van der Waals surface area contributed by atoms with Crippen LogP contribution in [0.5, 0.6) is 0 Å². The zero-order valence-electron chi connectivity index (χ0n) is 19.9. The summed E-state index contributed by atoms with van der Waals surface area (Å²) in [5.41, 5.74) is 4.42. The molecule has 4 rings (SSSR count). The number of aryl methyl sites for hydroxylation is 1. The molecule has 182 valence electrons. The first kappa shape index (κ1) is 24.6. The number of aliphatic hydroxyl groups is 1. The van der Waals surface area contributed by atoms with Gasteiger partial charge in [0.1, 0.15) is 6.54 Å². The second kappa shape index (κ2) is 10.4. The molecule has 1 aliphatic rings. The lowest BCUT2D eigenvalue weighted by atomic mass is 9.98. The molecule has 0 aliphatic carbocycles. The lowest BCUT2D eigenvalue weighted by Gasteiger charge is -2.25. The number of amides is 2. The summed E-state index contributed by atoms with van der Waals surface area (Å²) in [4.78, 5) is 36.1. The predicted octanol–water partition coefficient (Wildman–Crippen LogP) is 3.73. The molecule has 2 heterocycles. The van der Waals surface area contributed by atoms with E-state index in [1.165, 1.54) is 11.1 Å². The summed E-state index contributed by atoms with van der Waals surface area (Å²) >= 11 is 6.30. The van der Waals surface area contributed by atoms with Gasteiger partial charge in [-0.05, 0) is 30.5 Å². The Morgan fingerprint density at radius 2 is 2.06 bits per heavy atom. The van der Waals surface area contributed by atoms with Gasteiger partial charge in [0, 0.05) is 24.7 Å². The summed E-state index contributed by atoms with van der Waals surface area (Å²) in [6, 6.07) is 12.6. The minimum Gasteiger partial charge on any atom is -0.391 e. The van der Waals surface area contributed by atoms with E-state index in [0.29, 0.717) is 40.8 Å². The molecule has 2 atom stereocenters. The average molecular weight is 494 g/mol. The van der Waals surface area contributed by atoms with E-state index in [1.54, 1.807) is 13.1 Å². The quantitative estimate of drug-likeness (QED) is 0.441. The minimum absolute atomic E-state index is 0.111. The van der Waals surface area contributed by atoms with E-state index in [1.807, 2.05) is 50.2 Å². The van der Waals surface area contributed by atoms with Gasteiger partial charge < -0.3 is 20.6 Å². The van der Waals surface area contributed by atoms with E-state index in [4.69, 9.17) is 11.6 Å². The van der Waals surface area contributed by atoms with Crippen LogP contribution in [0.25, 0.3) is 11.3 Å². The standard InChI is InChI=1S/C26H28ClN5O3/c1-4-21(33)24(16-7-5-6-15(2)10-16)30-22(34)14-32-13-18-9-8-17(11-19(18)25(32)35)23-20(27)12-29-26(28-3)31-23/h5-12,21,24,33H,4,13-14H2,1-3H3,(H,30,34)(H,28,29,31)/t21-,24-/m0/s1. The number of aliphatic hydroxyl groups excluding tert-OH is 1. The second-order valence-electron chi connectivity index (χ2n) is 8.61. The summed E-state index contributed by atoms with van der Waals surface area (Å²) in [6.07, 6.45) is 1.25. The third-order valence-corrected chi connectivity index (χ3v) is 6.36. The highest BCUT2D eigenvalue weighted by Crippen LogP contribution is 2.31. The number of hydrogen-bond donors (Lipinski definition) is 3. The fourth-order valence-corrected chi connectivity index (χ4v) is 4.42. The smallest absolute Gasteiger partial charge is 0.254 e. The van der Waals surface area contributed by atoms with E-state index in [0.717, 1.165) is 16.7 Å². The maximum Gasteiger partial charge on any atom is 0.254 e. The molecule has 2 amide bonds. The van der Waals surface area contributed by atoms with Crippen molar-refractivity contribution in [1.29, 1.82) is 0 Å². The molecule has 3 N–H and O–H groups in total. The maximum absolute atomic E-state index is 13.1. The van der Waals surface area contributed by atoms with Crippen LogP contribution in [0, 0.1) is 6.92 Å². The zero-order chi connectivity index (χ0) is 25.1. The molecule has 8 nitrogen and oxygen atoms in total. The van der Waals surface area contributed by atoms with Gasteiger partial charge in [0.05, 0.1) is 29.1 Å². The first-order chi connectivity index (χ1) is 16.8. The number of aromatic nitrogens is 2. The van der Waals surface area contributed by atoms with Crippen molar-refractivity contribution < 1.29 is 14.7 Å². The number of anilines is 1. The summed E-state index contributed by atoms with van der Waals surface area (Å²) < 4.78 is 0. The van der Waals surface area contributed by atoms with Crippen LogP contribution in [0.1, 0.15) is 46.4 Å². The van der Waals surface area contributed by atoms with E-state index in [-0.39, 0.29) is 18.4 Å². The number of benzene rings is 2. The van der Waals surface area contributed by atoms with Gasteiger partial charge in [0.2, 0.25) is 11.9 Å². The third-order valence-electron chi connectivity index (χ3n) is 6.09. The van der Waals surface area contributed by atoms with E-state index >= 15 is 0 Å². The third kappa shape index (κ3) is 5.28. The van der Waals surface area contributed by atoms with Crippen LogP contribution in [-0.2, 0) is 11.3 Å². The van der Waals surface area contributed by atoms with Gasteiger partial charge in [-0.25, -0.2) is 9.97 Å². The Bertz CT molecular complexity index is 1270. The maximum atomic E-state index is 13.1. The van der Waals surface area contributed by atoms with Gasteiger partial charge >= 0.3 is 0 Å². The van der Waals surface area contributed by atoms with Gasteiger partial charge in [-0.15, -0.1) is 0 Å². The number of hydrogen-bond acceptors (Lipinski definition) is 6. The van der Waals surface area contributed by atoms with Crippen LogP contribution in [-0.4, -0.2) is 51.5 Å². The van der Waals surface area contributed by atoms with Crippen LogP contribution in [0.15, 0.2) is 48.7 Å². The second-order valence-corrected chi connectivity index (χ2v) is 9.02. The largest absolute Gasteiger partial charge is 0.391 e. The SMILES string of the molecule is CC[C@H](O)[C@@H](NC(=O)CN1Cc2ccc(-c3nc(NC)ncc3Cl)cc2C1=O)c1cccc(C)c1. The summed E-state index contributed by atoms with van der Waals surface area (Å²) in [7, 11) is 1.71. The van der Waals surface area contributed by atoms with Crippen LogP contribution in [0.4, 0.5) is 5.95 Å². The highest BCUT2D eigenvalue weighted by molar-refractivity contribution is 6.33. The molecule has 0 fully saturated rings. The topological polar surface area (TPSA) is 107 Å². The number of fused-ring (bicyclic) bond motifs is 1. The lowest BCUT2D eigenvalue weighted by molar-refractivity contribution is -0.123. The van der Waals surface area contributed by atoms with Gasteiger partial charge in [-0.2, -0.15) is 0 Å². The van der Waals surface area contributed by atoms with Crippen molar-refractivity contribution >= 4 is 29.4 Å². The number of carbonyl (C=O) groups is 2. The Balaban J connectivity index is 1.50. The Morgan fingerprint density at radius 1 is 1.26 bits per heavy atom. The monoisotopic (exact) mass is 493 g/mol. The molecular formula is C26H28ClN5O3. The minimum atomic E-state index is -0.741. The Morgan fingerprint density at radius 3 is 2.77 bits per heavy atom. The zero-order valence-corrected chi connectivity index (χ0v) is 20.6. The van der Waals surface area contributed by atoms with Crippen molar-refractivity contribution in [1.82, 2.24) is 20.2 Å². The molecule has 1 aromatic heterocycles. The number of nitrogens with zero attached hydrogens (tertiary/aromatic N) is 3. The summed E-state index contributed by atoms with van der Waals surface area (Å²) in [6.45, 7) is 4.04. The Kier molecular flexibility index (Phi) is 7.33. The number of nitrogens with one attached hydrogen (secondary N) is 2. The van der Waals surface area contributed by atoms with Gasteiger partial charge in [0.15, 0.2) is 0 Å². The van der Waals surface area contributed by atoms with Gasteiger partial charge in [0.25, 0.3) is 5.91 Å². The summed E-state index contributed by atoms with van der Waals surface area (Å²) in [5, 5.41) is 16.7. The normalized spacial score (nSPS) is 14.4. The van der Waals surface area contributed by atoms with Crippen LogP contribution in [0.3, 0.4) is 0 Å². The first-order valence-corrected chi connectivity index (χ1v) is 11.8.